The maximum Gasteiger partial charge on any atom is 0.0667 e. The molecule has 3 rings (SSSR count). The lowest BCUT2D eigenvalue weighted by molar-refractivity contribution is 1.23. The van der Waals surface area contributed by atoms with Crippen molar-refractivity contribution >= 4 is 38.5 Å². The van der Waals surface area contributed by atoms with Crippen molar-refractivity contribution in [2.75, 3.05) is 0 Å². The summed E-state index contributed by atoms with van der Waals surface area (Å²) >= 11 is 6.19. The van der Waals surface area contributed by atoms with E-state index in [4.69, 9.17) is 0 Å². The first kappa shape index (κ1) is 9.85. The molecule has 74 valence electrons. The standard InChI is InChI=1S/C13H8BrI/c14-13-10-5-2-1-4-8(10)9-6-3-7-11(15)12(9)13/h1-7,13H. The predicted octanol–water partition coefficient (Wildman–Crippen LogP) is 4.76. The summed E-state index contributed by atoms with van der Waals surface area (Å²) in [6.45, 7) is 0. The van der Waals surface area contributed by atoms with Crippen molar-refractivity contribution in [2.45, 2.75) is 4.83 Å². The molecule has 0 spiro atoms. The third kappa shape index (κ3) is 1.38. The van der Waals surface area contributed by atoms with E-state index in [2.05, 4.69) is 81.0 Å². The van der Waals surface area contributed by atoms with E-state index in [0.29, 0.717) is 4.83 Å². The van der Waals surface area contributed by atoms with Crippen LogP contribution in [0.5, 0.6) is 0 Å². The molecule has 2 heteroatoms. The number of alkyl halides is 1. The van der Waals surface area contributed by atoms with Gasteiger partial charge in [0, 0.05) is 3.57 Å². The van der Waals surface area contributed by atoms with Gasteiger partial charge in [-0.1, -0.05) is 52.3 Å². The number of rotatable bonds is 0. The summed E-state index contributed by atoms with van der Waals surface area (Å²) in [5, 5.41) is 0. The zero-order valence-corrected chi connectivity index (χ0v) is 11.6. The van der Waals surface area contributed by atoms with E-state index in [1.165, 1.54) is 25.8 Å². The molecule has 0 N–H and O–H groups in total. The lowest BCUT2D eigenvalue weighted by Crippen LogP contribution is -1.88. The zero-order valence-electron chi connectivity index (χ0n) is 7.87. The normalized spacial score (nSPS) is 17.3. The monoisotopic (exact) mass is 370 g/mol. The fourth-order valence-corrected chi connectivity index (χ4v) is 4.28. The predicted molar refractivity (Wildman–Crippen MR) is 75.4 cm³/mol. The highest BCUT2D eigenvalue weighted by Crippen LogP contribution is 2.49. The molecular weight excluding hydrogens is 363 g/mol. The van der Waals surface area contributed by atoms with Gasteiger partial charge < -0.3 is 0 Å². The smallest absolute Gasteiger partial charge is 0.0667 e. The highest BCUT2D eigenvalue weighted by atomic mass is 127. The van der Waals surface area contributed by atoms with Crippen LogP contribution in [0, 0.1) is 3.57 Å². The van der Waals surface area contributed by atoms with Crippen molar-refractivity contribution in [3.8, 4) is 11.1 Å². The Hall–Kier alpha value is -0.350. The Morgan fingerprint density at radius 3 is 2.53 bits per heavy atom. The van der Waals surface area contributed by atoms with Gasteiger partial charge in [0.25, 0.3) is 0 Å². The van der Waals surface area contributed by atoms with Crippen LogP contribution in [0.4, 0.5) is 0 Å². The maximum absolute atomic E-state index is 3.78. The zero-order chi connectivity index (χ0) is 10.4. The minimum absolute atomic E-state index is 0.358. The molecule has 15 heavy (non-hydrogen) atoms. The Labute approximate surface area is 111 Å². The van der Waals surface area contributed by atoms with Crippen LogP contribution in [-0.2, 0) is 0 Å². The highest BCUT2D eigenvalue weighted by molar-refractivity contribution is 14.1. The Kier molecular flexibility index (Phi) is 2.36. The van der Waals surface area contributed by atoms with Gasteiger partial charge in [0.2, 0.25) is 0 Å². The fraction of sp³-hybridized carbons (Fsp3) is 0.0769. The Bertz CT molecular complexity index is 534. The molecule has 1 unspecified atom stereocenters. The van der Waals surface area contributed by atoms with Crippen molar-refractivity contribution in [2.24, 2.45) is 0 Å². The lowest BCUT2D eigenvalue weighted by atomic mass is 10.1. The van der Waals surface area contributed by atoms with E-state index in [1.807, 2.05) is 0 Å². The van der Waals surface area contributed by atoms with Crippen LogP contribution in [0.15, 0.2) is 42.5 Å². The van der Waals surface area contributed by atoms with Crippen LogP contribution in [0.25, 0.3) is 11.1 Å². The number of halogens is 2. The van der Waals surface area contributed by atoms with Crippen molar-refractivity contribution in [3.05, 3.63) is 57.2 Å². The van der Waals surface area contributed by atoms with E-state index >= 15 is 0 Å². The third-order valence-electron chi connectivity index (χ3n) is 2.83. The van der Waals surface area contributed by atoms with Crippen molar-refractivity contribution in [1.82, 2.24) is 0 Å². The van der Waals surface area contributed by atoms with Crippen LogP contribution < -0.4 is 0 Å². The van der Waals surface area contributed by atoms with E-state index < -0.39 is 0 Å². The molecule has 0 aliphatic heterocycles. The van der Waals surface area contributed by atoms with Gasteiger partial charge in [-0.25, -0.2) is 0 Å². The summed E-state index contributed by atoms with van der Waals surface area (Å²) in [4.78, 5) is 0.358. The molecule has 2 aromatic carbocycles. The van der Waals surface area contributed by atoms with E-state index in [0.717, 1.165) is 0 Å². The van der Waals surface area contributed by atoms with Crippen molar-refractivity contribution in [1.29, 1.82) is 0 Å². The molecule has 0 bridgehead atoms. The van der Waals surface area contributed by atoms with Crippen molar-refractivity contribution in [3.63, 3.8) is 0 Å². The molecule has 1 atom stereocenters. The van der Waals surface area contributed by atoms with Crippen molar-refractivity contribution < 1.29 is 0 Å². The minimum Gasteiger partial charge on any atom is -0.0786 e. The van der Waals surface area contributed by atoms with Gasteiger partial charge in [0.05, 0.1) is 4.83 Å². The highest BCUT2D eigenvalue weighted by Gasteiger charge is 2.27. The Morgan fingerprint density at radius 1 is 0.933 bits per heavy atom. The molecular formula is C13H8BrI. The Morgan fingerprint density at radius 2 is 1.67 bits per heavy atom. The molecule has 1 aliphatic rings. The topological polar surface area (TPSA) is 0 Å². The molecule has 2 aromatic rings. The molecule has 0 fully saturated rings. The molecule has 0 heterocycles. The van der Waals surface area contributed by atoms with Crippen LogP contribution >= 0.6 is 38.5 Å². The average molecular weight is 371 g/mol. The lowest BCUT2D eigenvalue weighted by Gasteiger charge is -2.06. The summed E-state index contributed by atoms with van der Waals surface area (Å²) in [5.41, 5.74) is 5.54. The Balaban J connectivity index is 2.37. The van der Waals surface area contributed by atoms with Crippen LogP contribution in [0.1, 0.15) is 16.0 Å². The van der Waals surface area contributed by atoms with Gasteiger partial charge in [-0.2, -0.15) is 0 Å². The minimum atomic E-state index is 0.358. The summed E-state index contributed by atoms with van der Waals surface area (Å²) in [7, 11) is 0. The van der Waals surface area contributed by atoms with Crippen LogP contribution in [0.2, 0.25) is 0 Å². The molecule has 1 aliphatic carbocycles. The summed E-state index contributed by atoms with van der Waals surface area (Å²) in [6, 6.07) is 15.1. The number of hydrogen-bond acceptors (Lipinski definition) is 0. The molecule has 0 radical (unpaired) electrons. The average Bonchev–Trinajstić information content (AvgIpc) is 2.55. The van der Waals surface area contributed by atoms with Crippen LogP contribution in [0.3, 0.4) is 0 Å². The second kappa shape index (κ2) is 3.59. The summed E-state index contributed by atoms with van der Waals surface area (Å²) < 4.78 is 1.34. The molecule has 0 saturated carbocycles. The SMILES string of the molecule is BrC1c2ccccc2-c2cccc(I)c21. The largest absolute Gasteiger partial charge is 0.0786 e. The third-order valence-corrected chi connectivity index (χ3v) is 4.72. The second-order valence-electron chi connectivity index (χ2n) is 3.65. The summed E-state index contributed by atoms with van der Waals surface area (Å²) in [5.74, 6) is 0. The van der Waals surface area contributed by atoms with Gasteiger partial charge in [-0.3, -0.25) is 0 Å². The molecule has 0 amide bonds. The number of fused-ring (bicyclic) bond motifs is 3. The molecule has 0 nitrogen and oxygen atoms in total. The van der Waals surface area contributed by atoms with Crippen LogP contribution in [-0.4, -0.2) is 0 Å². The quantitative estimate of drug-likeness (QED) is 0.463. The molecule has 0 aromatic heterocycles. The number of benzene rings is 2. The van der Waals surface area contributed by atoms with E-state index in [9.17, 15) is 0 Å². The first-order valence-corrected chi connectivity index (χ1v) is 6.80. The second-order valence-corrected chi connectivity index (χ2v) is 5.73. The van der Waals surface area contributed by atoms with Gasteiger partial charge in [-0.05, 0) is 50.9 Å². The first-order chi connectivity index (χ1) is 7.29. The molecule has 0 saturated heterocycles. The van der Waals surface area contributed by atoms with Gasteiger partial charge >= 0.3 is 0 Å². The van der Waals surface area contributed by atoms with Gasteiger partial charge in [0.15, 0.2) is 0 Å². The van der Waals surface area contributed by atoms with Gasteiger partial charge in [0.1, 0.15) is 0 Å². The summed E-state index contributed by atoms with van der Waals surface area (Å²) in [6.07, 6.45) is 0. The first-order valence-electron chi connectivity index (χ1n) is 4.81. The van der Waals surface area contributed by atoms with E-state index in [1.54, 1.807) is 0 Å². The maximum atomic E-state index is 3.78. The number of hydrogen-bond donors (Lipinski definition) is 0. The van der Waals surface area contributed by atoms with Gasteiger partial charge in [-0.15, -0.1) is 0 Å². The fourth-order valence-electron chi connectivity index (χ4n) is 2.15. The van der Waals surface area contributed by atoms with E-state index in [-0.39, 0.29) is 0 Å².